The first-order valence-electron chi connectivity index (χ1n) is 18.5. The second-order valence-corrected chi connectivity index (χ2v) is 15.5. The van der Waals surface area contributed by atoms with Crippen molar-refractivity contribution in [1.82, 2.24) is 15.1 Å². The molecule has 1 unspecified atom stereocenters. The molecule has 3 aliphatic heterocycles. The van der Waals surface area contributed by atoms with Gasteiger partial charge >= 0.3 is 5.97 Å². The summed E-state index contributed by atoms with van der Waals surface area (Å²) in [5.41, 5.74) is -0.475. The van der Waals surface area contributed by atoms with E-state index < -0.39 is 47.7 Å². The second-order valence-electron chi connectivity index (χ2n) is 14.4. The van der Waals surface area contributed by atoms with E-state index in [1.165, 1.54) is 0 Å². The van der Waals surface area contributed by atoms with Gasteiger partial charge in [-0.2, -0.15) is 0 Å². The molecule has 1 aliphatic carbocycles. The summed E-state index contributed by atoms with van der Waals surface area (Å²) in [6.07, 6.45) is 11.2. The van der Waals surface area contributed by atoms with Gasteiger partial charge in [-0.1, -0.05) is 90.5 Å². The Morgan fingerprint density at radius 3 is 2.52 bits per heavy atom. The lowest BCUT2D eigenvalue weighted by atomic mass is 9.70. The van der Waals surface area contributed by atoms with Crippen LogP contribution in [0.2, 0.25) is 0 Å². The van der Waals surface area contributed by atoms with Crippen molar-refractivity contribution in [3.63, 3.8) is 0 Å². The quantitative estimate of drug-likeness (QED) is 0.0892. The zero-order valence-electron chi connectivity index (χ0n) is 29.4. The lowest BCUT2D eigenvalue weighted by molar-refractivity contribution is -0.162. The van der Waals surface area contributed by atoms with Gasteiger partial charge in [0.05, 0.1) is 24.0 Å². The van der Waals surface area contributed by atoms with Crippen molar-refractivity contribution in [2.45, 2.75) is 125 Å². The number of alkyl halides is 1. The average molecular weight is 757 g/mol. The standard InChI is InChI=1S/C39H54BrN3O7/c1-4-6-21-30(45)41-26(3)33(27-17-11-9-12-18-27)49-38(48)31-32-36(46)43(23-15-7-8-16-24-44)35(39(32)25-29(40)34(31)50-39)37(47)42(22-5-2)28-19-13-10-14-20-28/h4-5,9,11-12,17-18,26,28-29,31-35,44H,1-2,6-8,10,13-16,19-25H2,3H3,(H,41,45)/t26-,29?,31+,32-,33-,34+,35+,39-/m1/s1. The number of nitrogens with zero attached hydrogens (tertiary/aromatic N) is 2. The van der Waals surface area contributed by atoms with Gasteiger partial charge in [0.15, 0.2) is 0 Å². The molecule has 3 heterocycles. The smallest absolute Gasteiger partial charge is 0.313 e. The number of nitrogens with one attached hydrogen (secondary N) is 1. The maximum absolute atomic E-state index is 14.9. The van der Waals surface area contributed by atoms with Crippen LogP contribution >= 0.6 is 15.9 Å². The van der Waals surface area contributed by atoms with Crippen LogP contribution in [0.5, 0.6) is 0 Å². The summed E-state index contributed by atoms with van der Waals surface area (Å²) in [5, 5.41) is 12.3. The topological polar surface area (TPSA) is 125 Å². The summed E-state index contributed by atoms with van der Waals surface area (Å²) in [5.74, 6) is -2.97. The number of unbranched alkanes of at least 4 members (excludes halogenated alkanes) is 3. The minimum absolute atomic E-state index is 0.0557. The van der Waals surface area contributed by atoms with Crippen LogP contribution < -0.4 is 5.32 Å². The first kappa shape index (κ1) is 38.2. The van der Waals surface area contributed by atoms with E-state index >= 15 is 0 Å². The Morgan fingerprint density at radius 1 is 1.12 bits per heavy atom. The van der Waals surface area contributed by atoms with E-state index in [0.29, 0.717) is 38.8 Å². The Hall–Kier alpha value is -3.02. The fourth-order valence-corrected chi connectivity index (χ4v) is 9.66. The number of amides is 3. The van der Waals surface area contributed by atoms with E-state index in [1.54, 1.807) is 24.0 Å². The number of hydrogen-bond acceptors (Lipinski definition) is 7. The van der Waals surface area contributed by atoms with Crippen LogP contribution in [-0.2, 0) is 28.7 Å². The van der Waals surface area contributed by atoms with Gasteiger partial charge in [0, 0.05) is 37.0 Å². The van der Waals surface area contributed by atoms with E-state index in [4.69, 9.17) is 9.47 Å². The number of ether oxygens (including phenoxy) is 2. The third-order valence-corrected chi connectivity index (χ3v) is 11.9. The molecule has 5 rings (SSSR count). The van der Waals surface area contributed by atoms with Gasteiger partial charge in [0.25, 0.3) is 0 Å². The molecule has 8 atom stereocenters. The molecule has 50 heavy (non-hydrogen) atoms. The van der Waals surface area contributed by atoms with Crippen LogP contribution in [0.3, 0.4) is 0 Å². The first-order chi connectivity index (χ1) is 24.2. The molecule has 274 valence electrons. The summed E-state index contributed by atoms with van der Waals surface area (Å²) in [7, 11) is 0. The molecule has 0 radical (unpaired) electrons. The number of hydrogen-bond donors (Lipinski definition) is 2. The fourth-order valence-electron chi connectivity index (χ4n) is 8.71. The Morgan fingerprint density at radius 2 is 1.84 bits per heavy atom. The van der Waals surface area contributed by atoms with Crippen molar-refractivity contribution >= 4 is 39.6 Å². The van der Waals surface area contributed by atoms with Crippen molar-refractivity contribution in [1.29, 1.82) is 0 Å². The predicted octanol–water partition coefficient (Wildman–Crippen LogP) is 5.39. The number of carbonyl (C=O) groups excluding carboxylic acids is 4. The molecule has 11 heteroatoms. The Bertz CT molecular complexity index is 1370. The van der Waals surface area contributed by atoms with Crippen LogP contribution in [-0.4, -0.2) is 93.0 Å². The minimum atomic E-state index is -1.19. The normalized spacial score (nSPS) is 28.5. The third-order valence-electron chi connectivity index (χ3n) is 11.0. The van der Waals surface area contributed by atoms with Gasteiger partial charge in [-0.15, -0.1) is 13.2 Å². The number of likely N-dealkylation sites (tertiary alicyclic amines) is 1. The highest BCUT2D eigenvalue weighted by atomic mass is 79.9. The molecule has 4 aliphatic rings. The Labute approximate surface area is 305 Å². The molecule has 1 spiro atoms. The van der Waals surface area contributed by atoms with Crippen molar-refractivity contribution in [2.24, 2.45) is 11.8 Å². The highest BCUT2D eigenvalue weighted by Crippen LogP contribution is 2.60. The van der Waals surface area contributed by atoms with E-state index in [0.717, 1.165) is 50.5 Å². The number of aliphatic hydroxyl groups excluding tert-OH is 1. The molecular weight excluding hydrogens is 702 g/mol. The van der Waals surface area contributed by atoms with Crippen LogP contribution in [0.4, 0.5) is 0 Å². The van der Waals surface area contributed by atoms with E-state index in [1.807, 2.05) is 35.2 Å². The number of rotatable bonds is 18. The largest absolute Gasteiger partial charge is 0.455 e. The number of halogens is 1. The Balaban J connectivity index is 1.46. The zero-order chi connectivity index (χ0) is 35.8. The second kappa shape index (κ2) is 17.5. The molecule has 0 aromatic heterocycles. The van der Waals surface area contributed by atoms with Gasteiger partial charge < -0.3 is 29.7 Å². The van der Waals surface area contributed by atoms with Gasteiger partial charge in [-0.25, -0.2) is 0 Å². The molecule has 1 saturated carbocycles. The Kier molecular flexibility index (Phi) is 13.4. The van der Waals surface area contributed by atoms with Crippen LogP contribution in [0, 0.1) is 11.8 Å². The summed E-state index contributed by atoms with van der Waals surface area (Å²) < 4.78 is 13.1. The van der Waals surface area contributed by atoms with Crippen molar-refractivity contribution in [3.8, 4) is 0 Å². The predicted molar refractivity (Wildman–Crippen MR) is 194 cm³/mol. The SMILES string of the molecule is C=CCCC(=O)N[C@H](C)[C@@H](OC(=O)[C@@H]1[C@H]2O[C@@]3(CC2Br)[C@H](C(=O)N(CC=C)C2CCCCC2)N(CCCCCCO)C(=O)[C@@H]13)c1ccccc1. The summed E-state index contributed by atoms with van der Waals surface area (Å²) in [4.78, 5) is 60.0. The van der Waals surface area contributed by atoms with E-state index in [-0.39, 0.29) is 41.6 Å². The zero-order valence-corrected chi connectivity index (χ0v) is 30.9. The summed E-state index contributed by atoms with van der Waals surface area (Å²) >= 11 is 3.78. The fraction of sp³-hybridized carbons (Fsp3) is 0.641. The first-order valence-corrected chi connectivity index (χ1v) is 19.4. The van der Waals surface area contributed by atoms with Crippen LogP contribution in [0.1, 0.15) is 95.6 Å². The number of allylic oxidation sites excluding steroid dienone is 1. The summed E-state index contributed by atoms with van der Waals surface area (Å²) in [6, 6.07) is 7.89. The van der Waals surface area contributed by atoms with Crippen molar-refractivity contribution in [2.75, 3.05) is 19.7 Å². The van der Waals surface area contributed by atoms with Gasteiger partial charge in [-0.3, -0.25) is 19.2 Å². The number of esters is 1. The average Bonchev–Trinajstić information content (AvgIpc) is 3.71. The number of aliphatic hydroxyl groups is 1. The monoisotopic (exact) mass is 755 g/mol. The molecule has 2 N–H and O–H groups in total. The van der Waals surface area contributed by atoms with Crippen LogP contribution in [0.25, 0.3) is 0 Å². The molecule has 1 aromatic rings. The highest BCUT2D eigenvalue weighted by molar-refractivity contribution is 9.09. The number of carbonyl (C=O) groups is 4. The maximum Gasteiger partial charge on any atom is 0.313 e. The van der Waals surface area contributed by atoms with Gasteiger partial charge in [0.1, 0.15) is 17.7 Å². The van der Waals surface area contributed by atoms with Crippen LogP contribution in [0.15, 0.2) is 55.6 Å². The molecule has 1 aromatic carbocycles. The van der Waals surface area contributed by atoms with Gasteiger partial charge in [0.2, 0.25) is 17.7 Å². The lowest BCUT2D eigenvalue weighted by Gasteiger charge is -2.41. The number of fused-ring (bicyclic) bond motifs is 1. The van der Waals surface area contributed by atoms with E-state index in [2.05, 4.69) is 34.4 Å². The molecule has 10 nitrogen and oxygen atoms in total. The molecule has 4 fully saturated rings. The molecular formula is C39H54BrN3O7. The molecule has 2 bridgehead atoms. The minimum Gasteiger partial charge on any atom is -0.455 e. The van der Waals surface area contributed by atoms with E-state index in [9.17, 15) is 24.3 Å². The lowest BCUT2D eigenvalue weighted by Crippen LogP contribution is -2.58. The molecule has 3 amide bonds. The maximum atomic E-state index is 14.9. The summed E-state index contributed by atoms with van der Waals surface area (Å²) in [6.45, 7) is 10.3. The molecule has 3 saturated heterocycles. The third kappa shape index (κ3) is 7.89. The van der Waals surface area contributed by atoms with Crippen molar-refractivity contribution < 1.29 is 33.8 Å². The van der Waals surface area contributed by atoms with Gasteiger partial charge in [-0.05, 0) is 51.0 Å². The van der Waals surface area contributed by atoms with Crippen molar-refractivity contribution in [3.05, 3.63) is 61.2 Å². The highest BCUT2D eigenvalue weighted by Gasteiger charge is 2.77. The number of benzene rings is 1.